The maximum atomic E-state index is 12.6. The van der Waals surface area contributed by atoms with Gasteiger partial charge in [0.2, 0.25) is 0 Å². The van der Waals surface area contributed by atoms with Gasteiger partial charge in [-0.1, -0.05) is 12.1 Å². The van der Waals surface area contributed by atoms with Crippen molar-refractivity contribution in [2.24, 2.45) is 4.99 Å². The molecule has 0 amide bonds. The van der Waals surface area contributed by atoms with Crippen LogP contribution in [0.4, 0.5) is 0 Å². The summed E-state index contributed by atoms with van der Waals surface area (Å²) in [4.78, 5) is 29.0. The number of nitrogens with zero attached hydrogens (tertiary/aromatic N) is 1. The van der Waals surface area contributed by atoms with Crippen molar-refractivity contribution in [3.63, 3.8) is 0 Å². The van der Waals surface area contributed by atoms with E-state index < -0.39 is 5.63 Å². The average molecular weight is 427 g/mol. The zero-order chi connectivity index (χ0) is 22.8. The maximum absolute atomic E-state index is 12.6. The van der Waals surface area contributed by atoms with E-state index in [0.717, 1.165) is 10.9 Å². The van der Waals surface area contributed by atoms with Crippen LogP contribution in [0.2, 0.25) is 0 Å². The second kappa shape index (κ2) is 8.51. The van der Waals surface area contributed by atoms with Crippen LogP contribution in [0.15, 0.2) is 68.8 Å². The van der Waals surface area contributed by atoms with Crippen molar-refractivity contribution in [2.75, 3.05) is 6.54 Å². The van der Waals surface area contributed by atoms with Crippen molar-refractivity contribution in [3.8, 4) is 11.5 Å². The van der Waals surface area contributed by atoms with E-state index in [-0.39, 0.29) is 17.3 Å². The number of benzene rings is 3. The molecule has 1 aromatic heterocycles. The fourth-order valence-electron chi connectivity index (χ4n) is 3.64. The standard InChI is InChI=1S/C26H21NO5/c1-3-27-14-18-13-17(6-11-22(29)16-4-7-19(28)8-5-16)24-21(25(18)31)10-9-20-15(2)12-23(30)32-26(20)24/h4-14,28,31H,3H2,1-2H3/b11-6+,27-14?. The Labute approximate surface area is 183 Å². The van der Waals surface area contributed by atoms with E-state index in [0.29, 0.717) is 39.6 Å². The lowest BCUT2D eigenvalue weighted by molar-refractivity contribution is 0.104. The van der Waals surface area contributed by atoms with Crippen LogP contribution in [0, 0.1) is 6.92 Å². The molecule has 6 nitrogen and oxygen atoms in total. The quantitative estimate of drug-likeness (QED) is 0.153. The number of hydrogen-bond acceptors (Lipinski definition) is 6. The highest BCUT2D eigenvalue weighted by molar-refractivity contribution is 6.15. The van der Waals surface area contributed by atoms with Crippen molar-refractivity contribution in [1.29, 1.82) is 0 Å². The van der Waals surface area contributed by atoms with Gasteiger partial charge in [-0.3, -0.25) is 9.79 Å². The number of fused-ring (bicyclic) bond motifs is 3. The molecule has 160 valence electrons. The lowest BCUT2D eigenvalue weighted by Crippen LogP contribution is -1.99. The van der Waals surface area contributed by atoms with Crippen molar-refractivity contribution < 1.29 is 19.4 Å². The molecule has 0 bridgehead atoms. The molecule has 0 saturated carbocycles. The van der Waals surface area contributed by atoms with Crippen LogP contribution in [-0.4, -0.2) is 28.8 Å². The highest BCUT2D eigenvalue weighted by atomic mass is 16.4. The van der Waals surface area contributed by atoms with Gasteiger partial charge in [0.15, 0.2) is 5.78 Å². The number of allylic oxidation sites excluding steroid dienone is 1. The van der Waals surface area contributed by atoms with Crippen molar-refractivity contribution in [3.05, 3.63) is 87.3 Å². The summed E-state index contributed by atoms with van der Waals surface area (Å²) in [6.07, 6.45) is 4.61. The Morgan fingerprint density at radius 1 is 1.03 bits per heavy atom. The Morgan fingerprint density at radius 2 is 1.75 bits per heavy atom. The number of carbonyl (C=O) groups excluding carboxylic acids is 1. The summed E-state index contributed by atoms with van der Waals surface area (Å²) in [6, 6.07) is 12.7. The predicted molar refractivity (Wildman–Crippen MR) is 126 cm³/mol. The Hall–Kier alpha value is -4.19. The molecule has 0 saturated heterocycles. The third kappa shape index (κ3) is 3.90. The number of aryl methyl sites for hydroxylation is 1. The Kier molecular flexibility index (Phi) is 5.60. The summed E-state index contributed by atoms with van der Waals surface area (Å²) in [5.41, 5.74) is 2.12. The van der Waals surface area contributed by atoms with E-state index in [2.05, 4.69) is 4.99 Å². The maximum Gasteiger partial charge on any atom is 0.336 e. The number of ketones is 1. The molecule has 0 atom stereocenters. The topological polar surface area (TPSA) is 100 Å². The summed E-state index contributed by atoms with van der Waals surface area (Å²) in [5.74, 6) is -0.162. The van der Waals surface area contributed by atoms with Gasteiger partial charge >= 0.3 is 5.63 Å². The summed E-state index contributed by atoms with van der Waals surface area (Å²) in [5, 5.41) is 22.1. The van der Waals surface area contributed by atoms with Gasteiger partial charge in [-0.2, -0.15) is 0 Å². The minimum absolute atomic E-state index is 0.0188. The molecule has 32 heavy (non-hydrogen) atoms. The van der Waals surface area contributed by atoms with Gasteiger partial charge in [0.1, 0.15) is 17.1 Å². The van der Waals surface area contributed by atoms with Gasteiger partial charge < -0.3 is 14.6 Å². The molecule has 0 spiro atoms. The fraction of sp³-hybridized carbons (Fsp3) is 0.115. The van der Waals surface area contributed by atoms with E-state index in [9.17, 15) is 19.8 Å². The molecule has 3 aromatic carbocycles. The second-order valence-corrected chi connectivity index (χ2v) is 7.39. The average Bonchev–Trinajstić information content (AvgIpc) is 2.77. The van der Waals surface area contributed by atoms with E-state index >= 15 is 0 Å². The first-order valence-electron chi connectivity index (χ1n) is 10.1. The summed E-state index contributed by atoms with van der Waals surface area (Å²) in [7, 11) is 0. The van der Waals surface area contributed by atoms with Crippen LogP contribution in [0.1, 0.15) is 34.0 Å². The molecule has 0 aliphatic carbocycles. The number of phenolic OH excluding ortho intramolecular Hbond substituents is 2. The molecule has 0 fully saturated rings. The largest absolute Gasteiger partial charge is 0.508 e. The minimum atomic E-state index is -0.492. The Balaban J connectivity index is 1.97. The summed E-state index contributed by atoms with van der Waals surface area (Å²) >= 11 is 0. The van der Waals surface area contributed by atoms with Crippen LogP contribution in [-0.2, 0) is 0 Å². The number of carbonyl (C=O) groups is 1. The zero-order valence-electron chi connectivity index (χ0n) is 17.6. The second-order valence-electron chi connectivity index (χ2n) is 7.39. The molecule has 2 N–H and O–H groups in total. The number of aliphatic imine (C=N–C) groups is 1. The van der Waals surface area contributed by atoms with Gasteiger partial charge in [0.25, 0.3) is 0 Å². The van der Waals surface area contributed by atoms with Gasteiger partial charge in [-0.05, 0) is 67.4 Å². The molecule has 6 heteroatoms. The third-order valence-electron chi connectivity index (χ3n) is 5.23. The molecule has 0 unspecified atom stereocenters. The smallest absolute Gasteiger partial charge is 0.336 e. The number of aromatic hydroxyl groups is 2. The van der Waals surface area contributed by atoms with Crippen LogP contribution >= 0.6 is 0 Å². The van der Waals surface area contributed by atoms with E-state index in [1.165, 1.54) is 36.4 Å². The monoisotopic (exact) mass is 427 g/mol. The fourth-order valence-corrected chi connectivity index (χ4v) is 3.64. The Morgan fingerprint density at radius 3 is 2.47 bits per heavy atom. The van der Waals surface area contributed by atoms with Crippen LogP contribution in [0.3, 0.4) is 0 Å². The lowest BCUT2D eigenvalue weighted by Gasteiger charge is -2.11. The normalized spacial score (nSPS) is 11.8. The first-order chi connectivity index (χ1) is 15.4. The molecular weight excluding hydrogens is 406 g/mol. The van der Waals surface area contributed by atoms with E-state index in [1.54, 1.807) is 30.5 Å². The molecule has 0 aliphatic heterocycles. The van der Waals surface area contributed by atoms with Gasteiger partial charge in [0, 0.05) is 46.1 Å². The number of rotatable bonds is 5. The van der Waals surface area contributed by atoms with Crippen LogP contribution < -0.4 is 5.63 Å². The van der Waals surface area contributed by atoms with E-state index in [1.807, 2.05) is 13.8 Å². The third-order valence-corrected chi connectivity index (χ3v) is 5.23. The van der Waals surface area contributed by atoms with Crippen molar-refractivity contribution in [1.82, 2.24) is 0 Å². The van der Waals surface area contributed by atoms with Crippen LogP contribution in [0.5, 0.6) is 11.5 Å². The van der Waals surface area contributed by atoms with Gasteiger partial charge in [-0.25, -0.2) is 4.79 Å². The molecule has 4 aromatic rings. The SMILES string of the molecule is CCN=Cc1cc(/C=C/C(=O)c2ccc(O)cc2)c2c(ccc3c(C)cc(=O)oc32)c1O. The van der Waals surface area contributed by atoms with Crippen molar-refractivity contribution in [2.45, 2.75) is 13.8 Å². The summed E-state index contributed by atoms with van der Waals surface area (Å²) < 4.78 is 5.53. The van der Waals surface area contributed by atoms with E-state index in [4.69, 9.17) is 4.42 Å². The zero-order valence-corrected chi connectivity index (χ0v) is 17.6. The van der Waals surface area contributed by atoms with Crippen molar-refractivity contribution >= 4 is 39.8 Å². The highest BCUT2D eigenvalue weighted by Gasteiger charge is 2.15. The Bertz CT molecular complexity index is 1460. The predicted octanol–water partition coefficient (Wildman–Crippen LogP) is 5.00. The first kappa shape index (κ1) is 21.1. The molecule has 0 radical (unpaired) electrons. The molecule has 4 rings (SSSR count). The number of hydrogen-bond donors (Lipinski definition) is 2. The summed E-state index contributed by atoms with van der Waals surface area (Å²) in [6.45, 7) is 4.25. The molecule has 0 aliphatic rings. The highest BCUT2D eigenvalue weighted by Crippen LogP contribution is 2.37. The lowest BCUT2D eigenvalue weighted by atomic mass is 9.96. The van der Waals surface area contributed by atoms with Gasteiger partial charge in [0.05, 0.1) is 0 Å². The molecule has 1 heterocycles. The van der Waals surface area contributed by atoms with Crippen LogP contribution in [0.25, 0.3) is 27.8 Å². The minimum Gasteiger partial charge on any atom is -0.508 e. The molecular formula is C26H21NO5. The first-order valence-corrected chi connectivity index (χ1v) is 10.1. The number of phenols is 2. The van der Waals surface area contributed by atoms with Gasteiger partial charge in [-0.15, -0.1) is 0 Å².